The van der Waals surface area contributed by atoms with E-state index in [-0.39, 0.29) is 10.8 Å². The third-order valence-electron chi connectivity index (χ3n) is 2.89. The van der Waals surface area contributed by atoms with E-state index >= 15 is 0 Å². The van der Waals surface area contributed by atoms with Gasteiger partial charge < -0.3 is 10.5 Å². The molecule has 2 aromatic carbocycles. The molecule has 0 aliphatic heterocycles. The first kappa shape index (κ1) is 14.9. The summed E-state index contributed by atoms with van der Waals surface area (Å²) in [6.07, 6.45) is 0. The van der Waals surface area contributed by atoms with Crippen LogP contribution in [-0.2, 0) is 6.61 Å². The lowest BCUT2D eigenvalue weighted by Crippen LogP contribution is -2.12. The van der Waals surface area contributed by atoms with E-state index in [1.807, 2.05) is 19.1 Å². The van der Waals surface area contributed by atoms with Gasteiger partial charge in [0.25, 0.3) is 0 Å². The molecule has 20 heavy (non-hydrogen) atoms. The molecule has 0 radical (unpaired) electrons. The van der Waals surface area contributed by atoms with Crippen LogP contribution in [0.15, 0.2) is 40.9 Å². The molecule has 0 unspecified atom stereocenters. The largest absolute Gasteiger partial charge is 0.488 e. The highest BCUT2D eigenvalue weighted by Gasteiger charge is 2.08. The number of ether oxygens (including phenoxy) is 1. The zero-order valence-electron chi connectivity index (χ0n) is 10.8. The number of thiocarbonyl (C=S) groups is 1. The van der Waals surface area contributed by atoms with E-state index in [4.69, 9.17) is 22.7 Å². The van der Waals surface area contributed by atoms with Crippen LogP contribution in [0.2, 0.25) is 0 Å². The summed E-state index contributed by atoms with van der Waals surface area (Å²) in [5.41, 5.74) is 8.12. The third kappa shape index (κ3) is 3.55. The Kier molecular flexibility index (Phi) is 4.73. The zero-order chi connectivity index (χ0) is 14.7. The maximum absolute atomic E-state index is 13.0. The Morgan fingerprint density at radius 1 is 1.30 bits per heavy atom. The fourth-order valence-electron chi connectivity index (χ4n) is 1.80. The second-order valence-corrected chi connectivity index (χ2v) is 5.72. The van der Waals surface area contributed by atoms with Gasteiger partial charge in [0.1, 0.15) is 23.2 Å². The number of halogens is 2. The Morgan fingerprint density at radius 2 is 2.05 bits per heavy atom. The van der Waals surface area contributed by atoms with Crippen molar-refractivity contribution in [1.29, 1.82) is 0 Å². The first-order valence-electron chi connectivity index (χ1n) is 5.94. The molecule has 2 nitrogen and oxygen atoms in total. The molecular weight excluding hydrogens is 341 g/mol. The zero-order valence-corrected chi connectivity index (χ0v) is 13.2. The van der Waals surface area contributed by atoms with E-state index in [1.54, 1.807) is 12.1 Å². The quantitative estimate of drug-likeness (QED) is 0.840. The lowest BCUT2D eigenvalue weighted by molar-refractivity contribution is 0.304. The summed E-state index contributed by atoms with van der Waals surface area (Å²) in [7, 11) is 0. The summed E-state index contributed by atoms with van der Waals surface area (Å²) in [4.78, 5) is 0.275. The van der Waals surface area contributed by atoms with Gasteiger partial charge in [0, 0.05) is 4.47 Å². The van der Waals surface area contributed by atoms with Crippen LogP contribution in [0, 0.1) is 12.7 Å². The molecule has 104 valence electrons. The van der Waals surface area contributed by atoms with Gasteiger partial charge in [-0.3, -0.25) is 0 Å². The summed E-state index contributed by atoms with van der Waals surface area (Å²) in [6, 6.07) is 10.1. The number of benzene rings is 2. The smallest absolute Gasteiger partial charge is 0.130 e. The molecule has 0 amide bonds. The van der Waals surface area contributed by atoms with Crippen molar-refractivity contribution < 1.29 is 9.13 Å². The molecule has 0 bridgehead atoms. The molecule has 0 fully saturated rings. The Bertz CT molecular complexity index is 660. The molecule has 2 N–H and O–H groups in total. The molecular formula is C15H13BrFNOS. The number of nitrogens with two attached hydrogens (primary N) is 1. The van der Waals surface area contributed by atoms with Gasteiger partial charge in [-0.15, -0.1) is 0 Å². The Labute approximate surface area is 130 Å². The van der Waals surface area contributed by atoms with Gasteiger partial charge in [-0.2, -0.15) is 0 Å². The second-order valence-electron chi connectivity index (χ2n) is 4.36. The van der Waals surface area contributed by atoms with Crippen LogP contribution < -0.4 is 10.5 Å². The van der Waals surface area contributed by atoms with E-state index in [9.17, 15) is 4.39 Å². The van der Waals surface area contributed by atoms with Crippen molar-refractivity contribution in [2.24, 2.45) is 5.73 Å². The maximum atomic E-state index is 13.0. The van der Waals surface area contributed by atoms with Gasteiger partial charge in [0.15, 0.2) is 0 Å². The summed E-state index contributed by atoms with van der Waals surface area (Å²) in [5, 5.41) is 0. The fraction of sp³-hybridized carbons (Fsp3) is 0.133. The molecule has 0 saturated carbocycles. The number of rotatable bonds is 4. The Hall–Kier alpha value is -1.46. The van der Waals surface area contributed by atoms with Gasteiger partial charge >= 0.3 is 0 Å². The minimum atomic E-state index is -0.251. The molecule has 0 atom stereocenters. The van der Waals surface area contributed by atoms with Crippen molar-refractivity contribution in [3.63, 3.8) is 0 Å². The molecule has 5 heteroatoms. The molecule has 0 aliphatic carbocycles. The topological polar surface area (TPSA) is 35.2 Å². The monoisotopic (exact) mass is 353 g/mol. The normalized spacial score (nSPS) is 10.3. The van der Waals surface area contributed by atoms with Gasteiger partial charge in [-0.25, -0.2) is 4.39 Å². The number of hydrogen-bond donors (Lipinski definition) is 1. The predicted octanol–water partition coefficient (Wildman–Crippen LogP) is 4.11. The van der Waals surface area contributed by atoms with Crippen LogP contribution in [-0.4, -0.2) is 4.99 Å². The molecule has 2 rings (SSSR count). The number of aryl methyl sites for hydroxylation is 1. The highest BCUT2D eigenvalue weighted by molar-refractivity contribution is 9.10. The first-order valence-corrected chi connectivity index (χ1v) is 7.14. The van der Waals surface area contributed by atoms with E-state index in [0.717, 1.165) is 15.6 Å². The Morgan fingerprint density at radius 3 is 2.70 bits per heavy atom. The summed E-state index contributed by atoms with van der Waals surface area (Å²) < 4.78 is 19.7. The molecule has 0 aromatic heterocycles. The van der Waals surface area contributed by atoms with Crippen LogP contribution in [0.4, 0.5) is 4.39 Å². The highest BCUT2D eigenvalue weighted by Crippen LogP contribution is 2.24. The van der Waals surface area contributed by atoms with Gasteiger partial charge in [-0.1, -0.05) is 34.2 Å². The SMILES string of the molecule is Cc1cc(F)ccc1COc1ccc(Br)cc1C(N)=S. The van der Waals surface area contributed by atoms with Crippen LogP contribution in [0.1, 0.15) is 16.7 Å². The van der Waals surface area contributed by atoms with Crippen LogP contribution in [0.5, 0.6) is 5.75 Å². The average molecular weight is 354 g/mol. The number of hydrogen-bond acceptors (Lipinski definition) is 2. The molecule has 0 saturated heterocycles. The Balaban J connectivity index is 2.20. The van der Waals surface area contributed by atoms with E-state index in [0.29, 0.717) is 17.9 Å². The van der Waals surface area contributed by atoms with Crippen LogP contribution in [0.3, 0.4) is 0 Å². The standard InChI is InChI=1S/C15H13BrFNOS/c1-9-6-12(17)4-2-10(9)8-19-14-5-3-11(16)7-13(14)15(18)20/h2-7H,8H2,1H3,(H2,18,20). The first-order chi connectivity index (χ1) is 9.47. The fourth-order valence-corrected chi connectivity index (χ4v) is 2.32. The molecule has 2 aromatic rings. The van der Waals surface area contributed by atoms with Crippen molar-refractivity contribution in [2.45, 2.75) is 13.5 Å². The lowest BCUT2D eigenvalue weighted by Gasteiger charge is -2.12. The highest BCUT2D eigenvalue weighted by atomic mass is 79.9. The molecule has 0 heterocycles. The second kappa shape index (κ2) is 6.33. The minimum absolute atomic E-state index is 0.251. The summed E-state index contributed by atoms with van der Waals surface area (Å²) >= 11 is 8.38. The average Bonchev–Trinajstić information content (AvgIpc) is 2.38. The van der Waals surface area contributed by atoms with E-state index in [1.165, 1.54) is 12.1 Å². The van der Waals surface area contributed by atoms with Crippen molar-refractivity contribution in [2.75, 3.05) is 0 Å². The van der Waals surface area contributed by atoms with Gasteiger partial charge in [-0.05, 0) is 48.4 Å². The van der Waals surface area contributed by atoms with Gasteiger partial charge in [0.05, 0.1) is 5.56 Å². The summed E-state index contributed by atoms with van der Waals surface area (Å²) in [5.74, 6) is 0.364. The summed E-state index contributed by atoms with van der Waals surface area (Å²) in [6.45, 7) is 2.18. The maximum Gasteiger partial charge on any atom is 0.130 e. The van der Waals surface area contributed by atoms with E-state index < -0.39 is 0 Å². The van der Waals surface area contributed by atoms with Gasteiger partial charge in [0.2, 0.25) is 0 Å². The van der Waals surface area contributed by atoms with Crippen LogP contribution in [0.25, 0.3) is 0 Å². The van der Waals surface area contributed by atoms with Crippen LogP contribution >= 0.6 is 28.1 Å². The lowest BCUT2D eigenvalue weighted by atomic mass is 10.1. The van der Waals surface area contributed by atoms with Crippen molar-refractivity contribution in [3.05, 3.63) is 63.4 Å². The predicted molar refractivity (Wildman–Crippen MR) is 85.5 cm³/mol. The minimum Gasteiger partial charge on any atom is -0.488 e. The van der Waals surface area contributed by atoms with Crippen molar-refractivity contribution in [1.82, 2.24) is 0 Å². The van der Waals surface area contributed by atoms with E-state index in [2.05, 4.69) is 15.9 Å². The van der Waals surface area contributed by atoms with Crippen molar-refractivity contribution in [3.8, 4) is 5.75 Å². The molecule has 0 spiro atoms. The van der Waals surface area contributed by atoms with Crippen molar-refractivity contribution >= 4 is 33.1 Å². The third-order valence-corrected chi connectivity index (χ3v) is 3.61. The molecule has 0 aliphatic rings.